The first-order chi connectivity index (χ1) is 31.7. The topological polar surface area (TPSA) is 221 Å². The molecule has 13 nitrogen and oxygen atoms in total. The Balaban J connectivity index is 1.33. The summed E-state index contributed by atoms with van der Waals surface area (Å²) < 4.78 is 17.8. The van der Waals surface area contributed by atoms with Gasteiger partial charge in [0.2, 0.25) is 0 Å². The van der Waals surface area contributed by atoms with Crippen LogP contribution < -0.4 is 14.2 Å². The second-order valence-electron chi connectivity index (χ2n) is 15.8. The van der Waals surface area contributed by atoms with Gasteiger partial charge in [-0.3, -0.25) is 0 Å². The lowest BCUT2D eigenvalue weighted by Gasteiger charge is -2.24. The lowest BCUT2D eigenvalue weighted by atomic mass is 9.83. The molecule has 0 atom stereocenters. The van der Waals surface area contributed by atoms with Crippen molar-refractivity contribution in [2.45, 2.75) is 31.6 Å². The molecule has 0 aromatic heterocycles. The normalized spacial score (nSPS) is 11.1. The molecule has 7 aromatic carbocycles. The van der Waals surface area contributed by atoms with Crippen molar-refractivity contribution < 1.29 is 64.3 Å². The van der Waals surface area contributed by atoms with Gasteiger partial charge in [-0.1, -0.05) is 90.5 Å². The molecular weight excluding hydrogens is 845 g/mol. The van der Waals surface area contributed by atoms with Crippen LogP contribution in [0.5, 0.6) is 40.2 Å². The van der Waals surface area contributed by atoms with E-state index in [1.807, 2.05) is 31.2 Å². The van der Waals surface area contributed by atoms with Crippen molar-refractivity contribution in [2.75, 3.05) is 19.8 Å². The van der Waals surface area contributed by atoms with Crippen molar-refractivity contribution in [2.24, 2.45) is 0 Å². The summed E-state index contributed by atoms with van der Waals surface area (Å²) >= 11 is 0. The molecule has 0 unspecified atom stereocenters. The molecule has 336 valence electrons. The number of phenols is 4. The Bertz CT molecular complexity index is 2560. The highest BCUT2D eigenvalue weighted by molar-refractivity contribution is 5.70. The molecule has 0 spiro atoms. The number of phenolic OH excluding ortho intramolecular Hbond substituents is 4. The van der Waals surface area contributed by atoms with E-state index in [0.29, 0.717) is 39.5 Å². The SMILES string of the molecule is Cc1cc(Cc2ccc(OCC(=O)O)c(C(c3ccc(O)cc3)c3ccc(O)cc3)c2)c(OCC(=O)O)c(Cc2ccc(OCC(=O)O)c(C(c3ccc(O)cc3)c3ccc(O)cc3)c2)c1. The van der Waals surface area contributed by atoms with Crippen molar-refractivity contribution in [3.05, 3.63) is 207 Å². The summed E-state index contributed by atoms with van der Waals surface area (Å²) in [6, 6.07) is 40.9. The van der Waals surface area contributed by atoms with Gasteiger partial charge in [-0.25, -0.2) is 14.4 Å². The third-order valence-electron chi connectivity index (χ3n) is 10.9. The molecule has 0 saturated carbocycles. The van der Waals surface area contributed by atoms with Crippen LogP contribution in [0, 0.1) is 6.92 Å². The van der Waals surface area contributed by atoms with Crippen molar-refractivity contribution in [1.29, 1.82) is 0 Å². The summed E-state index contributed by atoms with van der Waals surface area (Å²) in [5, 5.41) is 69.6. The molecular formula is C53H46O13. The van der Waals surface area contributed by atoms with E-state index < -0.39 is 49.6 Å². The molecule has 13 heteroatoms. The van der Waals surface area contributed by atoms with Gasteiger partial charge in [0, 0.05) is 35.8 Å². The van der Waals surface area contributed by atoms with Crippen LogP contribution in [0.15, 0.2) is 146 Å². The molecule has 7 rings (SSSR count). The first-order valence-electron chi connectivity index (χ1n) is 20.8. The molecule has 0 amide bonds. The molecule has 0 aliphatic heterocycles. The van der Waals surface area contributed by atoms with Crippen LogP contribution in [-0.2, 0) is 27.2 Å². The van der Waals surface area contributed by atoms with Gasteiger partial charge in [-0.2, -0.15) is 0 Å². The molecule has 0 radical (unpaired) electrons. The maximum absolute atomic E-state index is 12.0. The van der Waals surface area contributed by atoms with E-state index in [2.05, 4.69) is 0 Å². The minimum Gasteiger partial charge on any atom is -0.508 e. The fourth-order valence-corrected chi connectivity index (χ4v) is 8.13. The van der Waals surface area contributed by atoms with Gasteiger partial charge < -0.3 is 50.0 Å². The molecule has 0 fully saturated rings. The molecule has 0 heterocycles. The summed E-state index contributed by atoms with van der Waals surface area (Å²) in [6.07, 6.45) is 0.482. The van der Waals surface area contributed by atoms with E-state index in [1.165, 1.54) is 0 Å². The molecule has 0 bridgehead atoms. The van der Waals surface area contributed by atoms with Gasteiger partial charge in [0.15, 0.2) is 19.8 Å². The quantitative estimate of drug-likeness (QED) is 0.0378. The van der Waals surface area contributed by atoms with Crippen LogP contribution in [-0.4, -0.2) is 73.5 Å². The number of rotatable bonds is 19. The molecule has 7 aromatic rings. The predicted molar refractivity (Wildman–Crippen MR) is 243 cm³/mol. The Labute approximate surface area is 379 Å². The van der Waals surface area contributed by atoms with Crippen LogP contribution in [0.1, 0.15) is 73.0 Å². The number of benzene rings is 7. The Kier molecular flexibility index (Phi) is 14.1. The number of hydrogen-bond donors (Lipinski definition) is 7. The van der Waals surface area contributed by atoms with Crippen molar-refractivity contribution in [3.63, 3.8) is 0 Å². The summed E-state index contributed by atoms with van der Waals surface area (Å²) in [5.41, 5.74) is 7.85. The number of carbonyl (C=O) groups is 3. The van der Waals surface area contributed by atoms with E-state index in [0.717, 1.165) is 38.9 Å². The number of hydrogen-bond acceptors (Lipinski definition) is 10. The van der Waals surface area contributed by atoms with Crippen LogP contribution in [0.2, 0.25) is 0 Å². The lowest BCUT2D eigenvalue weighted by molar-refractivity contribution is -0.140. The number of aliphatic carboxylic acids is 3. The number of carboxylic acid groups (broad SMARTS) is 3. The van der Waals surface area contributed by atoms with E-state index in [-0.39, 0.29) is 35.8 Å². The van der Waals surface area contributed by atoms with Crippen molar-refractivity contribution >= 4 is 17.9 Å². The number of aryl methyl sites for hydroxylation is 1. The van der Waals surface area contributed by atoms with E-state index in [4.69, 9.17) is 14.2 Å². The fraction of sp³-hybridized carbons (Fsp3) is 0.151. The predicted octanol–water partition coefficient (Wildman–Crippen LogP) is 8.75. The lowest BCUT2D eigenvalue weighted by Crippen LogP contribution is -2.14. The van der Waals surface area contributed by atoms with Crippen LogP contribution >= 0.6 is 0 Å². The van der Waals surface area contributed by atoms with Crippen LogP contribution in [0.4, 0.5) is 0 Å². The maximum atomic E-state index is 12.0. The molecule has 0 aliphatic carbocycles. The van der Waals surface area contributed by atoms with Crippen LogP contribution in [0.25, 0.3) is 0 Å². The smallest absolute Gasteiger partial charge is 0.341 e. The third-order valence-corrected chi connectivity index (χ3v) is 10.9. The minimum atomic E-state index is -1.19. The molecule has 0 saturated heterocycles. The zero-order valence-electron chi connectivity index (χ0n) is 35.6. The van der Waals surface area contributed by atoms with E-state index in [9.17, 15) is 50.1 Å². The Morgan fingerprint density at radius 3 is 1.03 bits per heavy atom. The monoisotopic (exact) mass is 890 g/mol. The van der Waals surface area contributed by atoms with Crippen molar-refractivity contribution in [1.82, 2.24) is 0 Å². The zero-order valence-corrected chi connectivity index (χ0v) is 35.6. The Hall–Kier alpha value is -8.45. The molecule has 0 aliphatic rings. The van der Waals surface area contributed by atoms with E-state index in [1.54, 1.807) is 121 Å². The van der Waals surface area contributed by atoms with Crippen molar-refractivity contribution in [3.8, 4) is 40.2 Å². The van der Waals surface area contributed by atoms with Crippen LogP contribution in [0.3, 0.4) is 0 Å². The van der Waals surface area contributed by atoms with Gasteiger partial charge in [-0.15, -0.1) is 0 Å². The standard InChI is InChI=1S/C53H46O13/c1-31-22-38(24-32-2-20-46(64-28-48(58)59)44(26-32)51(34-4-12-40(54)13-5-34)35-6-14-41(55)15-7-35)53(66-30-50(62)63)39(23-31)25-33-3-21-47(65-29-49(60)61)45(27-33)52(36-8-16-42(56)17-9-36)37-10-18-43(57)19-11-37/h2-23,26-27,51-52,54-57H,24-25,28-30H2,1H3,(H,58,59)(H,60,61)(H,62,63). The summed E-state index contributed by atoms with van der Waals surface area (Å²) in [6.45, 7) is 0.0419. The first-order valence-corrected chi connectivity index (χ1v) is 20.8. The molecule has 7 N–H and O–H groups in total. The largest absolute Gasteiger partial charge is 0.508 e. The van der Waals surface area contributed by atoms with Gasteiger partial charge in [0.05, 0.1) is 0 Å². The summed E-state index contributed by atoms with van der Waals surface area (Å²) in [7, 11) is 0. The highest BCUT2D eigenvalue weighted by Gasteiger charge is 2.25. The number of ether oxygens (including phenoxy) is 3. The average molecular weight is 891 g/mol. The Morgan fingerprint density at radius 1 is 0.424 bits per heavy atom. The highest BCUT2D eigenvalue weighted by Crippen LogP contribution is 2.42. The second kappa shape index (κ2) is 20.4. The number of aromatic hydroxyl groups is 4. The van der Waals surface area contributed by atoms with Gasteiger partial charge in [0.1, 0.15) is 40.2 Å². The van der Waals surface area contributed by atoms with E-state index >= 15 is 0 Å². The fourth-order valence-electron chi connectivity index (χ4n) is 8.13. The second-order valence-corrected chi connectivity index (χ2v) is 15.8. The third kappa shape index (κ3) is 11.4. The zero-order chi connectivity index (χ0) is 46.9. The molecule has 66 heavy (non-hydrogen) atoms. The van der Waals surface area contributed by atoms with Gasteiger partial charge in [0.25, 0.3) is 0 Å². The van der Waals surface area contributed by atoms with Gasteiger partial charge in [-0.05, 0) is 112 Å². The van der Waals surface area contributed by atoms with Gasteiger partial charge >= 0.3 is 17.9 Å². The highest BCUT2D eigenvalue weighted by atomic mass is 16.5. The summed E-state index contributed by atoms with van der Waals surface area (Å²) in [4.78, 5) is 35.5. The minimum absolute atomic E-state index is 0.0524. The Morgan fingerprint density at radius 2 is 0.727 bits per heavy atom. The number of carboxylic acids is 3. The summed E-state index contributed by atoms with van der Waals surface area (Å²) in [5.74, 6) is -3.49. The average Bonchev–Trinajstić information content (AvgIpc) is 3.28. The maximum Gasteiger partial charge on any atom is 0.341 e. The first kappa shape index (κ1) is 45.6.